The lowest BCUT2D eigenvalue weighted by Crippen LogP contribution is -2.48. The molecule has 0 saturated heterocycles. The monoisotopic (exact) mass is 372 g/mol. The number of carbonyl (C=O) groups is 1. The molecule has 0 fully saturated rings. The molecule has 7 heteroatoms. The lowest BCUT2D eigenvalue weighted by Gasteiger charge is -2.30. The molecule has 1 aromatic heterocycles. The fourth-order valence-electron chi connectivity index (χ4n) is 3.42. The van der Waals surface area contributed by atoms with Crippen LogP contribution in [0.1, 0.15) is 43.1 Å². The number of hydrogen-bond donors (Lipinski definition) is 2. The van der Waals surface area contributed by atoms with E-state index in [-0.39, 0.29) is 11.4 Å². The molecule has 0 saturated carbocycles. The Hall–Kier alpha value is -2.28. The van der Waals surface area contributed by atoms with Crippen LogP contribution >= 0.6 is 11.3 Å². The summed E-state index contributed by atoms with van der Waals surface area (Å²) in [5.74, 6) is 0.824. The van der Waals surface area contributed by atoms with Gasteiger partial charge in [0.25, 0.3) is 5.91 Å². The smallest absolute Gasteiger partial charge is 0.263 e. The second-order valence-electron chi connectivity index (χ2n) is 7.77. The van der Waals surface area contributed by atoms with Gasteiger partial charge in [0.2, 0.25) is 0 Å². The molecule has 6 nitrogen and oxygen atoms in total. The van der Waals surface area contributed by atoms with Gasteiger partial charge in [0.1, 0.15) is 17.2 Å². The molecule has 26 heavy (non-hydrogen) atoms. The molecule has 0 aliphatic carbocycles. The standard InChI is InChI=1S/C19H24N4O2S/c1-11(2)20-12-5-6-14-15(9-12)25-8-7-23(14)18-21-13-10-19(3,4)22-17(24)16(13)26-18/h5-6,9,11,20H,7-8,10H2,1-4H3,(H,22,24). The van der Waals surface area contributed by atoms with Crippen LogP contribution in [0.2, 0.25) is 0 Å². The summed E-state index contributed by atoms with van der Waals surface area (Å²) in [6.45, 7) is 9.60. The van der Waals surface area contributed by atoms with Crippen molar-refractivity contribution < 1.29 is 9.53 Å². The van der Waals surface area contributed by atoms with E-state index in [1.807, 2.05) is 19.9 Å². The Bertz CT molecular complexity index is 859. The van der Waals surface area contributed by atoms with Gasteiger partial charge < -0.3 is 20.3 Å². The summed E-state index contributed by atoms with van der Waals surface area (Å²) in [5, 5.41) is 7.31. The van der Waals surface area contributed by atoms with Crippen LogP contribution in [0, 0.1) is 0 Å². The molecular formula is C19H24N4O2S. The van der Waals surface area contributed by atoms with Crippen molar-refractivity contribution in [1.29, 1.82) is 0 Å². The Kier molecular flexibility index (Phi) is 4.06. The maximum atomic E-state index is 12.4. The van der Waals surface area contributed by atoms with E-state index in [1.165, 1.54) is 11.3 Å². The van der Waals surface area contributed by atoms with Crippen molar-refractivity contribution >= 4 is 33.8 Å². The van der Waals surface area contributed by atoms with E-state index in [2.05, 4.69) is 41.5 Å². The largest absolute Gasteiger partial charge is 0.489 e. The van der Waals surface area contributed by atoms with Gasteiger partial charge in [-0.3, -0.25) is 4.79 Å². The molecule has 138 valence electrons. The first-order chi connectivity index (χ1) is 12.3. The van der Waals surface area contributed by atoms with Crippen molar-refractivity contribution in [3.63, 3.8) is 0 Å². The number of carbonyl (C=O) groups excluding carboxylic acids is 1. The molecule has 3 heterocycles. The minimum atomic E-state index is -0.254. The van der Waals surface area contributed by atoms with Crippen LogP contribution in [0.15, 0.2) is 18.2 Å². The number of rotatable bonds is 3. The van der Waals surface area contributed by atoms with Crippen molar-refractivity contribution in [2.24, 2.45) is 0 Å². The molecule has 2 aliphatic heterocycles. The SMILES string of the molecule is CC(C)Nc1ccc2c(c1)OCCN2c1nc2c(s1)C(=O)NC(C)(C)C2. The molecule has 0 spiro atoms. The van der Waals surface area contributed by atoms with Crippen molar-refractivity contribution in [2.75, 3.05) is 23.4 Å². The predicted molar refractivity (Wildman–Crippen MR) is 105 cm³/mol. The second kappa shape index (κ2) is 6.16. The highest BCUT2D eigenvalue weighted by Crippen LogP contribution is 2.41. The number of aromatic nitrogens is 1. The maximum Gasteiger partial charge on any atom is 0.263 e. The minimum Gasteiger partial charge on any atom is -0.489 e. The van der Waals surface area contributed by atoms with Gasteiger partial charge in [-0.1, -0.05) is 11.3 Å². The predicted octanol–water partition coefficient (Wildman–Crippen LogP) is 3.56. The van der Waals surface area contributed by atoms with Crippen LogP contribution < -0.4 is 20.3 Å². The number of fused-ring (bicyclic) bond motifs is 2. The number of hydrogen-bond acceptors (Lipinski definition) is 6. The fraction of sp³-hybridized carbons (Fsp3) is 0.474. The molecule has 1 aromatic carbocycles. The minimum absolute atomic E-state index is 0.0232. The zero-order valence-corrected chi connectivity index (χ0v) is 16.4. The molecule has 4 rings (SSSR count). The van der Waals surface area contributed by atoms with Crippen molar-refractivity contribution in [1.82, 2.24) is 10.3 Å². The van der Waals surface area contributed by atoms with E-state index in [0.29, 0.717) is 12.6 Å². The average Bonchev–Trinajstić information content (AvgIpc) is 2.96. The number of ether oxygens (including phenoxy) is 1. The summed E-state index contributed by atoms with van der Waals surface area (Å²) in [7, 11) is 0. The molecule has 2 aromatic rings. The summed E-state index contributed by atoms with van der Waals surface area (Å²) in [6.07, 6.45) is 0.749. The van der Waals surface area contributed by atoms with Gasteiger partial charge in [0.05, 0.1) is 17.9 Å². The quantitative estimate of drug-likeness (QED) is 0.862. The first-order valence-electron chi connectivity index (χ1n) is 8.95. The third kappa shape index (κ3) is 3.11. The van der Waals surface area contributed by atoms with E-state index in [0.717, 1.165) is 45.8 Å². The van der Waals surface area contributed by atoms with E-state index >= 15 is 0 Å². The molecule has 0 bridgehead atoms. The third-order valence-electron chi connectivity index (χ3n) is 4.46. The maximum absolute atomic E-state index is 12.4. The Morgan fingerprint density at radius 1 is 1.38 bits per heavy atom. The molecule has 0 atom stereocenters. The van der Waals surface area contributed by atoms with Gasteiger partial charge in [-0.05, 0) is 39.8 Å². The first kappa shape index (κ1) is 17.1. The summed E-state index contributed by atoms with van der Waals surface area (Å²) < 4.78 is 5.87. The lowest BCUT2D eigenvalue weighted by atomic mass is 9.94. The average molecular weight is 372 g/mol. The molecule has 1 amide bonds. The Morgan fingerprint density at radius 3 is 2.96 bits per heavy atom. The fourth-order valence-corrected chi connectivity index (χ4v) is 4.44. The highest BCUT2D eigenvalue weighted by Gasteiger charge is 2.34. The van der Waals surface area contributed by atoms with Crippen LogP contribution in [-0.4, -0.2) is 35.6 Å². The Labute approximate surface area is 157 Å². The van der Waals surface area contributed by atoms with Gasteiger partial charge in [-0.15, -0.1) is 0 Å². The number of anilines is 3. The highest BCUT2D eigenvalue weighted by molar-refractivity contribution is 7.17. The lowest BCUT2D eigenvalue weighted by molar-refractivity contribution is 0.0901. The van der Waals surface area contributed by atoms with E-state index < -0.39 is 0 Å². The van der Waals surface area contributed by atoms with Gasteiger partial charge in [0, 0.05) is 29.8 Å². The first-order valence-corrected chi connectivity index (χ1v) is 9.77. The summed E-state index contributed by atoms with van der Waals surface area (Å²) in [4.78, 5) is 20.1. The van der Waals surface area contributed by atoms with Crippen LogP contribution in [0.5, 0.6) is 5.75 Å². The van der Waals surface area contributed by atoms with E-state index in [1.54, 1.807) is 0 Å². The Balaban J connectivity index is 1.68. The Morgan fingerprint density at radius 2 is 2.19 bits per heavy atom. The second-order valence-corrected chi connectivity index (χ2v) is 8.75. The molecule has 2 N–H and O–H groups in total. The van der Waals surface area contributed by atoms with Crippen molar-refractivity contribution in [2.45, 2.75) is 45.7 Å². The van der Waals surface area contributed by atoms with Gasteiger partial charge in [-0.2, -0.15) is 0 Å². The van der Waals surface area contributed by atoms with Gasteiger partial charge in [0.15, 0.2) is 5.13 Å². The normalized spacial score (nSPS) is 18.0. The highest BCUT2D eigenvalue weighted by atomic mass is 32.1. The summed E-state index contributed by atoms with van der Waals surface area (Å²) in [6, 6.07) is 6.51. The van der Waals surface area contributed by atoms with Crippen molar-refractivity contribution in [3.8, 4) is 5.75 Å². The van der Waals surface area contributed by atoms with Gasteiger partial charge in [-0.25, -0.2) is 4.98 Å². The summed E-state index contributed by atoms with van der Waals surface area (Å²) >= 11 is 1.46. The zero-order valence-electron chi connectivity index (χ0n) is 15.5. The molecule has 2 aliphatic rings. The van der Waals surface area contributed by atoms with Crippen LogP contribution in [0.4, 0.5) is 16.5 Å². The van der Waals surface area contributed by atoms with E-state index in [9.17, 15) is 4.79 Å². The van der Waals surface area contributed by atoms with Crippen LogP contribution in [0.25, 0.3) is 0 Å². The molecule has 0 unspecified atom stereocenters. The number of nitrogens with zero attached hydrogens (tertiary/aromatic N) is 2. The number of nitrogens with one attached hydrogen (secondary N) is 2. The number of benzene rings is 1. The zero-order chi connectivity index (χ0) is 18.5. The van der Waals surface area contributed by atoms with Crippen LogP contribution in [0.3, 0.4) is 0 Å². The van der Waals surface area contributed by atoms with Crippen molar-refractivity contribution in [3.05, 3.63) is 28.8 Å². The number of amides is 1. The number of thiazole rings is 1. The molecule has 0 radical (unpaired) electrons. The van der Waals surface area contributed by atoms with E-state index in [4.69, 9.17) is 9.72 Å². The van der Waals surface area contributed by atoms with Crippen LogP contribution in [-0.2, 0) is 6.42 Å². The third-order valence-corrected chi connectivity index (χ3v) is 5.58. The summed E-state index contributed by atoms with van der Waals surface area (Å²) in [5.41, 5.74) is 2.68. The van der Waals surface area contributed by atoms with Gasteiger partial charge >= 0.3 is 0 Å². The topological polar surface area (TPSA) is 66.5 Å². The molecular weight excluding hydrogens is 348 g/mol.